The lowest BCUT2D eigenvalue weighted by Crippen LogP contribution is -2.22. The zero-order valence-electron chi connectivity index (χ0n) is 13.9. The van der Waals surface area contributed by atoms with Gasteiger partial charge in [-0.15, -0.1) is 0 Å². The van der Waals surface area contributed by atoms with Crippen LogP contribution in [0.3, 0.4) is 0 Å². The zero-order chi connectivity index (χ0) is 15.9. The van der Waals surface area contributed by atoms with Gasteiger partial charge in [-0.05, 0) is 44.2 Å². The lowest BCUT2D eigenvalue weighted by molar-refractivity contribution is 0.308. The monoisotopic (exact) mass is 321 g/mol. The molecular weight excluding hydrogens is 298 g/mol. The van der Waals surface area contributed by atoms with Crippen molar-refractivity contribution in [2.24, 2.45) is 0 Å². The van der Waals surface area contributed by atoms with E-state index < -0.39 is 0 Å². The molecule has 1 N–H and O–H groups in total. The van der Waals surface area contributed by atoms with Gasteiger partial charge in [-0.2, -0.15) is 0 Å². The van der Waals surface area contributed by atoms with E-state index in [4.69, 9.17) is 4.98 Å². The van der Waals surface area contributed by atoms with Crippen molar-refractivity contribution in [3.63, 3.8) is 0 Å². The maximum atomic E-state index is 4.72. The van der Waals surface area contributed by atoms with E-state index in [0.29, 0.717) is 6.04 Å². The van der Waals surface area contributed by atoms with Crippen LogP contribution in [-0.2, 0) is 19.4 Å². The van der Waals surface area contributed by atoms with Gasteiger partial charge in [0.25, 0.3) is 0 Å². The molecule has 0 saturated carbocycles. The lowest BCUT2D eigenvalue weighted by atomic mass is 10.0. The number of benzene rings is 1. The minimum atomic E-state index is 0.573. The number of likely N-dealkylation sites (tertiary alicyclic amines) is 1. The molecule has 5 nitrogen and oxygen atoms in total. The average molecular weight is 321 g/mol. The quantitative estimate of drug-likeness (QED) is 0.806. The van der Waals surface area contributed by atoms with Gasteiger partial charge in [-0.1, -0.05) is 12.1 Å². The van der Waals surface area contributed by atoms with Gasteiger partial charge < -0.3 is 9.55 Å². The molecule has 1 atom stereocenters. The number of para-hydroxylation sites is 2. The molecule has 1 aliphatic heterocycles. The number of fused-ring (bicyclic) bond motifs is 2. The summed E-state index contributed by atoms with van der Waals surface area (Å²) >= 11 is 0. The maximum Gasteiger partial charge on any atom is 0.121 e. The van der Waals surface area contributed by atoms with Crippen LogP contribution in [0.2, 0.25) is 0 Å². The van der Waals surface area contributed by atoms with Crippen LogP contribution in [0.1, 0.15) is 42.5 Å². The summed E-state index contributed by atoms with van der Waals surface area (Å²) in [4.78, 5) is 15.3. The molecule has 3 aromatic rings. The van der Waals surface area contributed by atoms with Crippen molar-refractivity contribution in [2.45, 2.75) is 44.7 Å². The number of hydrogen-bond acceptors (Lipinski definition) is 3. The van der Waals surface area contributed by atoms with Crippen LogP contribution in [-0.4, -0.2) is 37.5 Å². The van der Waals surface area contributed by atoms with Gasteiger partial charge in [-0.3, -0.25) is 4.90 Å². The van der Waals surface area contributed by atoms with Gasteiger partial charge in [-0.25, -0.2) is 9.97 Å². The molecule has 0 spiro atoms. The van der Waals surface area contributed by atoms with E-state index in [-0.39, 0.29) is 0 Å². The van der Waals surface area contributed by atoms with E-state index in [2.05, 4.69) is 44.0 Å². The Morgan fingerprint density at radius 1 is 1.17 bits per heavy atom. The molecule has 24 heavy (non-hydrogen) atoms. The number of nitrogens with zero attached hydrogens (tertiary/aromatic N) is 4. The first kappa shape index (κ1) is 14.2. The van der Waals surface area contributed by atoms with Crippen LogP contribution in [0.5, 0.6) is 0 Å². The predicted molar refractivity (Wildman–Crippen MR) is 93.9 cm³/mol. The van der Waals surface area contributed by atoms with Crippen LogP contribution < -0.4 is 0 Å². The highest BCUT2D eigenvalue weighted by Gasteiger charge is 2.27. The number of aryl methyl sites for hydroxylation is 1. The van der Waals surface area contributed by atoms with E-state index >= 15 is 0 Å². The Hall–Kier alpha value is -2.14. The predicted octanol–water partition coefficient (Wildman–Crippen LogP) is 3.09. The molecule has 3 heterocycles. The smallest absolute Gasteiger partial charge is 0.121 e. The molecule has 0 amide bonds. The van der Waals surface area contributed by atoms with Gasteiger partial charge in [0.15, 0.2) is 0 Å². The van der Waals surface area contributed by atoms with Gasteiger partial charge in [0.1, 0.15) is 5.82 Å². The second-order valence-electron chi connectivity index (χ2n) is 7.13. The fourth-order valence-corrected chi connectivity index (χ4v) is 4.28. The molecule has 1 unspecified atom stereocenters. The molecule has 5 heteroatoms. The first-order valence-electron chi connectivity index (χ1n) is 9.07. The van der Waals surface area contributed by atoms with Crippen LogP contribution >= 0.6 is 0 Å². The number of imidazole rings is 2. The molecule has 5 rings (SSSR count). The summed E-state index contributed by atoms with van der Waals surface area (Å²) in [6.07, 6.45) is 8.28. The summed E-state index contributed by atoms with van der Waals surface area (Å²) < 4.78 is 2.47. The van der Waals surface area contributed by atoms with E-state index in [9.17, 15) is 0 Å². The summed E-state index contributed by atoms with van der Waals surface area (Å²) in [6, 6.07) is 8.83. The van der Waals surface area contributed by atoms with Gasteiger partial charge in [0.2, 0.25) is 0 Å². The summed E-state index contributed by atoms with van der Waals surface area (Å²) in [7, 11) is 0. The van der Waals surface area contributed by atoms with Gasteiger partial charge in [0.05, 0.1) is 29.6 Å². The van der Waals surface area contributed by atoms with E-state index in [1.807, 2.05) is 6.07 Å². The van der Waals surface area contributed by atoms with E-state index in [1.54, 1.807) is 0 Å². The number of H-pyrrole nitrogens is 1. The summed E-state index contributed by atoms with van der Waals surface area (Å²) in [5.41, 5.74) is 5.03. The SMILES string of the molecule is c1ccc2[nH]c(CN3CCC(n4cnc5c4CCCC5)C3)nc2c1. The minimum absolute atomic E-state index is 0.573. The van der Waals surface area contributed by atoms with Crippen LogP contribution in [0.25, 0.3) is 11.0 Å². The molecule has 1 saturated heterocycles. The highest BCUT2D eigenvalue weighted by molar-refractivity contribution is 5.74. The maximum absolute atomic E-state index is 4.72. The number of hydrogen-bond donors (Lipinski definition) is 1. The van der Waals surface area contributed by atoms with E-state index in [1.165, 1.54) is 37.1 Å². The number of rotatable bonds is 3. The Bertz CT molecular complexity index is 829. The minimum Gasteiger partial charge on any atom is -0.341 e. The van der Waals surface area contributed by atoms with Crippen LogP contribution in [0.15, 0.2) is 30.6 Å². The highest BCUT2D eigenvalue weighted by atomic mass is 15.2. The standard InChI is InChI=1S/C19H23N5/c1-2-6-16-15(5-1)21-19(22-16)12-23-10-9-14(11-23)24-13-20-17-7-3-4-8-18(17)24/h1-2,5-6,13-14H,3-4,7-12H2,(H,21,22). The Labute approximate surface area is 141 Å². The molecule has 124 valence electrons. The molecule has 1 fully saturated rings. The first-order valence-corrected chi connectivity index (χ1v) is 9.07. The molecule has 0 bridgehead atoms. The first-order chi connectivity index (χ1) is 11.9. The number of aromatic amines is 1. The second kappa shape index (κ2) is 5.74. The largest absolute Gasteiger partial charge is 0.341 e. The fraction of sp³-hybridized carbons (Fsp3) is 0.474. The van der Waals surface area contributed by atoms with Crippen LogP contribution in [0, 0.1) is 0 Å². The summed E-state index contributed by atoms with van der Waals surface area (Å²) in [6.45, 7) is 3.14. The lowest BCUT2D eigenvalue weighted by Gasteiger charge is -2.19. The molecule has 0 radical (unpaired) electrons. The van der Waals surface area contributed by atoms with Gasteiger partial charge >= 0.3 is 0 Å². The third kappa shape index (κ3) is 2.44. The number of nitrogens with one attached hydrogen (secondary N) is 1. The average Bonchev–Trinajstić information content (AvgIpc) is 3.31. The van der Waals surface area contributed by atoms with Crippen molar-refractivity contribution in [2.75, 3.05) is 13.1 Å². The molecule has 1 aliphatic carbocycles. The topological polar surface area (TPSA) is 49.7 Å². The Morgan fingerprint density at radius 3 is 3.04 bits per heavy atom. The molecule has 1 aromatic carbocycles. The molecule has 2 aromatic heterocycles. The van der Waals surface area contributed by atoms with Crippen molar-refractivity contribution in [3.8, 4) is 0 Å². The van der Waals surface area contributed by atoms with E-state index in [0.717, 1.165) is 42.9 Å². The highest BCUT2D eigenvalue weighted by Crippen LogP contribution is 2.28. The van der Waals surface area contributed by atoms with Crippen molar-refractivity contribution >= 4 is 11.0 Å². The second-order valence-corrected chi connectivity index (χ2v) is 7.13. The Balaban J connectivity index is 1.31. The fourth-order valence-electron chi connectivity index (χ4n) is 4.28. The normalized spacial score (nSPS) is 21.4. The van der Waals surface area contributed by atoms with Gasteiger partial charge in [0, 0.05) is 24.8 Å². The summed E-state index contributed by atoms with van der Waals surface area (Å²) in [5.74, 6) is 1.07. The molecular formula is C19H23N5. The van der Waals surface area contributed by atoms with Crippen LogP contribution in [0.4, 0.5) is 0 Å². The summed E-state index contributed by atoms with van der Waals surface area (Å²) in [5, 5.41) is 0. The molecule has 2 aliphatic rings. The van der Waals surface area contributed by atoms with Crippen molar-refractivity contribution < 1.29 is 0 Å². The zero-order valence-corrected chi connectivity index (χ0v) is 13.9. The Morgan fingerprint density at radius 2 is 2.08 bits per heavy atom. The van der Waals surface area contributed by atoms with Crippen molar-refractivity contribution in [3.05, 3.63) is 47.8 Å². The third-order valence-electron chi connectivity index (χ3n) is 5.51. The van der Waals surface area contributed by atoms with Crippen molar-refractivity contribution in [1.82, 2.24) is 24.4 Å². The Kier molecular flexibility index (Phi) is 3.40. The number of aromatic nitrogens is 4. The third-order valence-corrected chi connectivity index (χ3v) is 5.51. The van der Waals surface area contributed by atoms with Crippen molar-refractivity contribution in [1.29, 1.82) is 0 Å².